The van der Waals surface area contributed by atoms with Crippen LogP contribution in [0.15, 0.2) is 36.8 Å². The lowest BCUT2D eigenvalue weighted by Gasteiger charge is -2.29. The van der Waals surface area contributed by atoms with Gasteiger partial charge in [-0.25, -0.2) is 4.98 Å². The molecule has 3 heterocycles. The molecule has 0 atom stereocenters. The van der Waals surface area contributed by atoms with Crippen molar-refractivity contribution >= 4 is 11.6 Å². The average molecular weight is 454 g/mol. The summed E-state index contributed by atoms with van der Waals surface area (Å²) in [5.74, 6) is 2.89. The molecule has 4 rings (SSSR count). The van der Waals surface area contributed by atoms with E-state index in [1.807, 2.05) is 29.8 Å². The van der Waals surface area contributed by atoms with E-state index in [4.69, 9.17) is 19.2 Å². The van der Waals surface area contributed by atoms with E-state index in [1.165, 1.54) is 5.56 Å². The number of aromatic nitrogens is 3. The molecular weight excluding hydrogens is 422 g/mol. The molecule has 0 spiro atoms. The number of aliphatic hydroxyl groups is 1. The van der Waals surface area contributed by atoms with Crippen LogP contribution in [-0.4, -0.2) is 65.1 Å². The molecule has 3 aromatic rings. The first-order chi connectivity index (χ1) is 16.0. The van der Waals surface area contributed by atoms with Crippen molar-refractivity contribution in [3.63, 3.8) is 0 Å². The maximum atomic E-state index is 9.72. The highest BCUT2D eigenvalue weighted by Crippen LogP contribution is 2.40. The minimum Gasteiger partial charge on any atom is -0.493 e. The van der Waals surface area contributed by atoms with Crippen LogP contribution in [0.1, 0.15) is 24.0 Å². The molecule has 176 valence electrons. The maximum absolute atomic E-state index is 9.72. The third kappa shape index (κ3) is 5.20. The number of aryl methyl sites for hydroxylation is 1. The van der Waals surface area contributed by atoms with Crippen LogP contribution in [-0.2, 0) is 6.54 Å². The fourth-order valence-corrected chi connectivity index (χ4v) is 4.04. The second-order valence-corrected chi connectivity index (χ2v) is 8.17. The first-order valence-electron chi connectivity index (χ1n) is 11.0. The molecular formula is C24H31N5O4. The van der Waals surface area contributed by atoms with Crippen LogP contribution in [0.2, 0.25) is 0 Å². The largest absolute Gasteiger partial charge is 0.493 e. The molecule has 1 saturated heterocycles. The van der Waals surface area contributed by atoms with Gasteiger partial charge in [0.25, 0.3) is 0 Å². The first-order valence-corrected chi connectivity index (χ1v) is 11.0. The molecule has 2 aromatic heterocycles. The highest BCUT2D eigenvalue weighted by molar-refractivity contribution is 5.66. The number of nitrogens with one attached hydrogen (secondary N) is 1. The van der Waals surface area contributed by atoms with E-state index in [1.54, 1.807) is 27.5 Å². The smallest absolute Gasteiger partial charge is 0.229 e. The van der Waals surface area contributed by atoms with Crippen molar-refractivity contribution in [1.29, 1.82) is 0 Å². The number of ether oxygens (including phenoxy) is 3. The molecule has 2 N–H and O–H groups in total. The summed E-state index contributed by atoms with van der Waals surface area (Å²) < 4.78 is 18.3. The van der Waals surface area contributed by atoms with Gasteiger partial charge in [-0.15, -0.1) is 0 Å². The molecule has 0 amide bonds. The SMILES string of the molecule is COc1cc(Nc2ncc(C)c(-n3ccc(CN4CCC(O)CC4)c3)n2)cc(OC)c1OC. The van der Waals surface area contributed by atoms with Crippen molar-refractivity contribution in [2.45, 2.75) is 32.4 Å². The number of rotatable bonds is 8. The highest BCUT2D eigenvalue weighted by atomic mass is 16.5. The fraction of sp³-hybridized carbons (Fsp3) is 0.417. The Morgan fingerprint density at radius 3 is 2.42 bits per heavy atom. The number of hydrogen-bond acceptors (Lipinski definition) is 8. The highest BCUT2D eigenvalue weighted by Gasteiger charge is 2.18. The summed E-state index contributed by atoms with van der Waals surface area (Å²) in [7, 11) is 4.73. The number of hydrogen-bond donors (Lipinski definition) is 2. The molecule has 0 radical (unpaired) electrons. The van der Waals surface area contributed by atoms with Crippen molar-refractivity contribution in [1.82, 2.24) is 19.4 Å². The van der Waals surface area contributed by atoms with Crippen molar-refractivity contribution < 1.29 is 19.3 Å². The monoisotopic (exact) mass is 453 g/mol. The molecule has 1 aliphatic rings. The lowest BCUT2D eigenvalue weighted by molar-refractivity contribution is 0.0792. The lowest BCUT2D eigenvalue weighted by Crippen LogP contribution is -2.35. The van der Waals surface area contributed by atoms with E-state index in [0.29, 0.717) is 23.2 Å². The van der Waals surface area contributed by atoms with Crippen LogP contribution < -0.4 is 19.5 Å². The zero-order valence-corrected chi connectivity index (χ0v) is 19.5. The van der Waals surface area contributed by atoms with Crippen LogP contribution in [0.5, 0.6) is 17.2 Å². The number of aliphatic hydroxyl groups excluding tert-OH is 1. The van der Waals surface area contributed by atoms with E-state index in [2.05, 4.69) is 27.5 Å². The summed E-state index contributed by atoms with van der Waals surface area (Å²) in [6.45, 7) is 4.69. The van der Waals surface area contributed by atoms with E-state index in [9.17, 15) is 5.11 Å². The number of methoxy groups -OCH3 is 3. The predicted molar refractivity (Wildman–Crippen MR) is 126 cm³/mol. The van der Waals surface area contributed by atoms with E-state index in [0.717, 1.165) is 49.5 Å². The first kappa shape index (κ1) is 22.9. The van der Waals surface area contributed by atoms with Crippen molar-refractivity contribution in [2.24, 2.45) is 0 Å². The summed E-state index contributed by atoms with van der Waals surface area (Å²) in [5, 5.41) is 13.0. The Kier molecular flexibility index (Phi) is 7.00. The maximum Gasteiger partial charge on any atom is 0.229 e. The minimum atomic E-state index is -0.161. The molecule has 0 bridgehead atoms. The Hall–Kier alpha value is -3.30. The quantitative estimate of drug-likeness (QED) is 0.537. The van der Waals surface area contributed by atoms with Gasteiger partial charge in [-0.3, -0.25) is 4.90 Å². The third-order valence-electron chi connectivity index (χ3n) is 5.83. The van der Waals surface area contributed by atoms with Gasteiger partial charge in [0.2, 0.25) is 11.7 Å². The van der Waals surface area contributed by atoms with Crippen molar-refractivity contribution in [2.75, 3.05) is 39.7 Å². The second-order valence-electron chi connectivity index (χ2n) is 8.17. The average Bonchev–Trinajstić information content (AvgIpc) is 3.29. The Balaban J connectivity index is 1.54. The van der Waals surface area contributed by atoms with E-state index < -0.39 is 0 Å². The van der Waals surface area contributed by atoms with Gasteiger partial charge in [-0.1, -0.05) is 0 Å². The predicted octanol–water partition coefficient (Wildman–Crippen LogP) is 3.30. The standard InChI is InChI=1S/C24H31N5O4/c1-16-13-25-24(26-18-11-20(31-2)22(33-4)21(12-18)32-3)27-23(16)29-10-5-17(15-29)14-28-8-6-19(30)7-9-28/h5,10-13,15,19,30H,6-9,14H2,1-4H3,(H,25,26,27). The number of benzene rings is 1. The summed E-state index contributed by atoms with van der Waals surface area (Å²) in [6.07, 6.45) is 7.43. The van der Waals surface area contributed by atoms with Gasteiger partial charge in [0, 0.05) is 61.6 Å². The molecule has 9 heteroatoms. The van der Waals surface area contributed by atoms with E-state index >= 15 is 0 Å². The Labute approximate surface area is 193 Å². The molecule has 9 nitrogen and oxygen atoms in total. The molecule has 1 aromatic carbocycles. The van der Waals surface area contributed by atoms with Gasteiger partial charge in [0.15, 0.2) is 11.5 Å². The molecule has 1 aliphatic heterocycles. The summed E-state index contributed by atoms with van der Waals surface area (Å²) in [4.78, 5) is 11.6. The van der Waals surface area contributed by atoms with Gasteiger partial charge in [0.05, 0.1) is 27.4 Å². The number of anilines is 2. The number of nitrogens with zero attached hydrogens (tertiary/aromatic N) is 4. The van der Waals surface area contributed by atoms with Gasteiger partial charge < -0.3 is 29.2 Å². The normalized spacial score (nSPS) is 14.8. The topological polar surface area (TPSA) is 93.9 Å². The van der Waals surface area contributed by atoms with Crippen LogP contribution in [0.25, 0.3) is 5.82 Å². The second kappa shape index (κ2) is 10.1. The Bertz CT molecular complexity index is 1070. The molecule has 0 saturated carbocycles. The Morgan fingerprint density at radius 1 is 1.09 bits per heavy atom. The van der Waals surface area contributed by atoms with Crippen LogP contribution >= 0.6 is 0 Å². The summed E-state index contributed by atoms with van der Waals surface area (Å²) in [6, 6.07) is 5.74. The summed E-state index contributed by atoms with van der Waals surface area (Å²) >= 11 is 0. The van der Waals surface area contributed by atoms with Crippen LogP contribution in [0, 0.1) is 6.92 Å². The van der Waals surface area contributed by atoms with Crippen molar-refractivity contribution in [3.05, 3.63) is 47.9 Å². The van der Waals surface area contributed by atoms with Gasteiger partial charge >= 0.3 is 0 Å². The van der Waals surface area contributed by atoms with Gasteiger partial charge in [-0.05, 0) is 31.4 Å². The van der Waals surface area contributed by atoms with Crippen molar-refractivity contribution in [3.8, 4) is 23.1 Å². The lowest BCUT2D eigenvalue weighted by atomic mass is 10.1. The van der Waals surface area contributed by atoms with Gasteiger partial charge in [-0.2, -0.15) is 4.98 Å². The van der Waals surface area contributed by atoms with Crippen LogP contribution in [0.3, 0.4) is 0 Å². The van der Waals surface area contributed by atoms with Crippen LogP contribution in [0.4, 0.5) is 11.6 Å². The van der Waals surface area contributed by atoms with E-state index in [-0.39, 0.29) is 6.10 Å². The molecule has 0 aliphatic carbocycles. The zero-order valence-electron chi connectivity index (χ0n) is 19.5. The molecule has 33 heavy (non-hydrogen) atoms. The molecule has 1 fully saturated rings. The minimum absolute atomic E-state index is 0.161. The fourth-order valence-electron chi connectivity index (χ4n) is 4.04. The van der Waals surface area contributed by atoms with Gasteiger partial charge in [0.1, 0.15) is 5.82 Å². The Morgan fingerprint density at radius 2 is 1.79 bits per heavy atom. The zero-order chi connectivity index (χ0) is 23.4. The third-order valence-corrected chi connectivity index (χ3v) is 5.83. The number of likely N-dealkylation sites (tertiary alicyclic amines) is 1. The molecule has 0 unspecified atom stereocenters. The number of piperidine rings is 1. The summed E-state index contributed by atoms with van der Waals surface area (Å²) in [5.41, 5.74) is 2.90.